The summed E-state index contributed by atoms with van der Waals surface area (Å²) in [6.07, 6.45) is -0.644. The average Bonchev–Trinajstić information content (AvgIpc) is 3.32. The number of benzene rings is 4. The lowest BCUT2D eigenvalue weighted by Crippen LogP contribution is -2.48. The summed E-state index contributed by atoms with van der Waals surface area (Å²) in [6, 6.07) is 31.1. The summed E-state index contributed by atoms with van der Waals surface area (Å²) >= 11 is 0. The molecule has 0 aliphatic heterocycles. The minimum Gasteiger partial charge on any atom is -0.508 e. The Morgan fingerprint density at radius 2 is 1.05 bits per heavy atom. The van der Waals surface area contributed by atoms with Gasteiger partial charge < -0.3 is 39.5 Å². The highest BCUT2D eigenvalue weighted by Gasteiger charge is 2.33. The molecule has 66 heavy (non-hydrogen) atoms. The van der Waals surface area contributed by atoms with Crippen LogP contribution in [0.5, 0.6) is 5.75 Å². The molecule has 0 radical (unpaired) electrons. The number of ether oxygens (including phenoxy) is 4. The fourth-order valence-corrected chi connectivity index (χ4v) is 7.16. The number of Topliss-reactive ketones (excluding diaryl/α,β-unsaturated/α-hetero) is 3. The summed E-state index contributed by atoms with van der Waals surface area (Å²) in [7, 11) is 1.55. The van der Waals surface area contributed by atoms with Crippen molar-refractivity contribution in [3.05, 3.63) is 138 Å². The molecule has 4 atom stereocenters. The van der Waals surface area contributed by atoms with E-state index in [2.05, 4.69) is 10.6 Å². The highest BCUT2D eigenvalue weighted by atomic mass is 16.5. The van der Waals surface area contributed by atoms with E-state index >= 15 is 0 Å². The summed E-state index contributed by atoms with van der Waals surface area (Å²) in [5, 5.41) is 15.5. The van der Waals surface area contributed by atoms with E-state index in [1.54, 1.807) is 55.6 Å². The molecule has 0 unspecified atom stereocenters. The molecule has 2 amide bonds. The van der Waals surface area contributed by atoms with E-state index in [1.165, 1.54) is 19.1 Å². The highest BCUT2D eigenvalue weighted by molar-refractivity contribution is 5.95. The minimum atomic E-state index is -1.17. The third kappa shape index (κ3) is 20.1. The van der Waals surface area contributed by atoms with Gasteiger partial charge >= 0.3 is 11.9 Å². The van der Waals surface area contributed by atoms with Crippen molar-refractivity contribution in [3.8, 4) is 5.75 Å². The van der Waals surface area contributed by atoms with E-state index in [0.717, 1.165) is 16.7 Å². The number of phenols is 1. The molecular formula is C52H62N2O12. The first kappa shape index (κ1) is 52.1. The number of carbonyl (C=O) groups excluding carboxylic acids is 7. The van der Waals surface area contributed by atoms with Crippen molar-refractivity contribution in [1.82, 2.24) is 10.6 Å². The second kappa shape index (κ2) is 29.1. The van der Waals surface area contributed by atoms with Crippen molar-refractivity contribution in [1.29, 1.82) is 0 Å². The van der Waals surface area contributed by atoms with Gasteiger partial charge in [0.2, 0.25) is 11.8 Å². The number of ketones is 3. The van der Waals surface area contributed by atoms with Crippen LogP contribution in [0.3, 0.4) is 0 Å². The Bertz CT molecular complexity index is 2130. The first-order chi connectivity index (χ1) is 31.9. The van der Waals surface area contributed by atoms with Gasteiger partial charge in [-0.25, -0.2) is 0 Å². The number of phenolic OH excluding ortho intramolecular Hbond substituents is 1. The van der Waals surface area contributed by atoms with Gasteiger partial charge in [-0.15, -0.1) is 0 Å². The maximum Gasteiger partial charge on any atom is 0.306 e. The molecular weight excluding hydrogens is 845 g/mol. The molecule has 4 aromatic carbocycles. The van der Waals surface area contributed by atoms with E-state index in [-0.39, 0.29) is 88.5 Å². The zero-order valence-electron chi connectivity index (χ0n) is 37.8. The van der Waals surface area contributed by atoms with Crippen molar-refractivity contribution in [3.63, 3.8) is 0 Å². The van der Waals surface area contributed by atoms with Crippen LogP contribution in [0.25, 0.3) is 0 Å². The second-order valence-corrected chi connectivity index (χ2v) is 16.2. The van der Waals surface area contributed by atoms with E-state index in [0.29, 0.717) is 25.2 Å². The number of hydrogen-bond donors (Lipinski definition) is 3. The molecule has 0 saturated heterocycles. The van der Waals surface area contributed by atoms with Crippen LogP contribution in [0.15, 0.2) is 115 Å². The molecule has 0 bridgehead atoms. The first-order valence-corrected chi connectivity index (χ1v) is 22.3. The number of methoxy groups -OCH3 is 1. The standard InChI is InChI=1S/C52H62N2O12/c1-37(55)31-43(32-39-20-23-44(56)24-21-39)52(62)54-46(33-38-13-6-3-7-14-38)48(58)34-42(22-26-49(59)65-35-40-15-8-4-9-16-40)51(61)53-45(47(57)19-12-28-64-30-29-63-2)25-27-50(60)66-36-41-17-10-5-11-18-41/h3-11,13-18,20-21,23-24,42-43,45-46,56H,12,19,22,25-36H2,1-2H3,(H,53,61)(H,54,62)/t42-,43+,45-,46-/m1/s1. The van der Waals surface area contributed by atoms with Crippen LogP contribution in [0.4, 0.5) is 0 Å². The maximum atomic E-state index is 14.5. The lowest BCUT2D eigenvalue weighted by Gasteiger charge is -2.25. The van der Waals surface area contributed by atoms with E-state index < -0.39 is 59.9 Å². The van der Waals surface area contributed by atoms with Crippen molar-refractivity contribution in [2.24, 2.45) is 11.8 Å². The fraction of sp³-hybridized carbons (Fsp3) is 0.404. The van der Waals surface area contributed by atoms with Gasteiger partial charge in [0.15, 0.2) is 11.6 Å². The largest absolute Gasteiger partial charge is 0.508 e. The molecule has 14 nitrogen and oxygen atoms in total. The van der Waals surface area contributed by atoms with Crippen LogP contribution in [0.1, 0.15) is 80.5 Å². The van der Waals surface area contributed by atoms with E-state index in [4.69, 9.17) is 18.9 Å². The number of amides is 2. The monoisotopic (exact) mass is 906 g/mol. The normalized spacial score (nSPS) is 12.8. The molecule has 0 fully saturated rings. The van der Waals surface area contributed by atoms with Crippen LogP contribution in [0.2, 0.25) is 0 Å². The third-order valence-electron chi connectivity index (χ3n) is 10.8. The number of nitrogens with one attached hydrogen (secondary N) is 2. The fourth-order valence-electron chi connectivity index (χ4n) is 7.16. The van der Waals surface area contributed by atoms with Crippen LogP contribution in [-0.4, -0.2) is 85.2 Å². The summed E-state index contributed by atoms with van der Waals surface area (Å²) in [5.74, 6) is -5.51. The lowest BCUT2D eigenvalue weighted by molar-refractivity contribution is -0.147. The molecule has 4 rings (SSSR count). The molecule has 14 heteroatoms. The molecule has 0 heterocycles. The van der Waals surface area contributed by atoms with Crippen LogP contribution in [-0.2, 0) is 78.6 Å². The molecule has 0 saturated carbocycles. The average molecular weight is 907 g/mol. The molecule has 0 aromatic heterocycles. The summed E-state index contributed by atoms with van der Waals surface area (Å²) in [4.78, 5) is 95.0. The molecule has 3 N–H and O–H groups in total. The number of carbonyl (C=O) groups is 7. The van der Waals surface area contributed by atoms with Gasteiger partial charge in [0.1, 0.15) is 24.7 Å². The Balaban J connectivity index is 1.57. The van der Waals surface area contributed by atoms with Gasteiger partial charge in [0.05, 0.1) is 25.3 Å². The van der Waals surface area contributed by atoms with Crippen molar-refractivity contribution in [2.75, 3.05) is 26.9 Å². The maximum absolute atomic E-state index is 14.5. The highest BCUT2D eigenvalue weighted by Crippen LogP contribution is 2.21. The zero-order chi connectivity index (χ0) is 47.5. The number of esters is 2. The van der Waals surface area contributed by atoms with Crippen LogP contribution in [0, 0.1) is 11.8 Å². The van der Waals surface area contributed by atoms with Gasteiger partial charge in [-0.3, -0.25) is 28.8 Å². The van der Waals surface area contributed by atoms with E-state index in [1.807, 2.05) is 54.6 Å². The lowest BCUT2D eigenvalue weighted by atomic mass is 9.89. The van der Waals surface area contributed by atoms with Gasteiger partial charge in [-0.05, 0) is 73.4 Å². The predicted molar refractivity (Wildman–Crippen MR) is 246 cm³/mol. The van der Waals surface area contributed by atoms with Crippen molar-refractivity contribution < 1.29 is 57.6 Å². The van der Waals surface area contributed by atoms with Crippen molar-refractivity contribution in [2.45, 2.75) is 96.4 Å². The SMILES string of the molecule is COCCOCCCC(=O)[C@@H](CCC(=O)OCc1ccccc1)NC(=O)[C@H](CCC(=O)OCc1ccccc1)CC(=O)[C@@H](Cc1ccccc1)NC(=O)[C@@H](CC(C)=O)Cc1ccc(O)cc1. The Hall–Kier alpha value is -6.51. The van der Waals surface area contributed by atoms with Gasteiger partial charge in [-0.1, -0.05) is 103 Å². The number of aromatic hydroxyl groups is 1. The van der Waals surface area contributed by atoms with Gasteiger partial charge in [0, 0.05) is 57.7 Å². The topological polar surface area (TPSA) is 201 Å². The molecule has 4 aromatic rings. The van der Waals surface area contributed by atoms with Gasteiger partial charge in [-0.2, -0.15) is 0 Å². The molecule has 0 aliphatic rings. The smallest absolute Gasteiger partial charge is 0.306 e. The number of hydrogen-bond acceptors (Lipinski definition) is 12. The Morgan fingerprint density at radius 1 is 0.530 bits per heavy atom. The first-order valence-electron chi connectivity index (χ1n) is 22.3. The quantitative estimate of drug-likeness (QED) is 0.0373. The van der Waals surface area contributed by atoms with Gasteiger partial charge in [0.25, 0.3) is 0 Å². The van der Waals surface area contributed by atoms with Crippen LogP contribution < -0.4 is 10.6 Å². The molecule has 0 aliphatic carbocycles. The second-order valence-electron chi connectivity index (χ2n) is 16.2. The molecule has 0 spiro atoms. The van der Waals surface area contributed by atoms with Crippen LogP contribution >= 0.6 is 0 Å². The summed E-state index contributed by atoms with van der Waals surface area (Å²) < 4.78 is 21.5. The zero-order valence-corrected chi connectivity index (χ0v) is 37.8. The van der Waals surface area contributed by atoms with E-state index in [9.17, 15) is 38.7 Å². The Labute approximate surface area is 386 Å². The predicted octanol–water partition coefficient (Wildman–Crippen LogP) is 6.38. The third-order valence-corrected chi connectivity index (χ3v) is 10.8. The van der Waals surface area contributed by atoms with Crippen molar-refractivity contribution >= 4 is 41.1 Å². The summed E-state index contributed by atoms with van der Waals surface area (Å²) in [6.45, 7) is 2.38. The summed E-state index contributed by atoms with van der Waals surface area (Å²) in [5.41, 5.74) is 2.96. The minimum absolute atomic E-state index is 0.00163. The Kier molecular flexibility index (Phi) is 23.0. The molecule has 352 valence electrons. The number of rotatable bonds is 31. The Morgan fingerprint density at radius 3 is 1.61 bits per heavy atom.